The molecule has 1 saturated carbocycles. The van der Waals surface area contributed by atoms with Crippen LogP contribution in [-0.4, -0.2) is 17.6 Å². The van der Waals surface area contributed by atoms with E-state index in [1.807, 2.05) is 0 Å². The van der Waals surface area contributed by atoms with Gasteiger partial charge >= 0.3 is 0 Å². The molecular formula is C15H25N3. The first-order chi connectivity index (χ1) is 8.49. The van der Waals surface area contributed by atoms with Gasteiger partial charge in [-0.3, -0.25) is 0 Å². The van der Waals surface area contributed by atoms with E-state index in [4.69, 9.17) is 4.98 Å². The van der Waals surface area contributed by atoms with Crippen molar-refractivity contribution in [2.24, 2.45) is 0 Å². The normalized spacial score (nSPS) is 15.8. The van der Waals surface area contributed by atoms with Gasteiger partial charge in [0.05, 0.1) is 0 Å². The average molecular weight is 247 g/mol. The van der Waals surface area contributed by atoms with Gasteiger partial charge in [-0.15, -0.1) is 0 Å². The average Bonchev–Trinajstić information content (AvgIpc) is 3.09. The fourth-order valence-electron chi connectivity index (χ4n) is 1.85. The fraction of sp³-hybridized carbons (Fsp3) is 0.667. The van der Waals surface area contributed by atoms with Crippen molar-refractivity contribution in [1.29, 1.82) is 0 Å². The minimum atomic E-state index is 0.0994. The van der Waals surface area contributed by atoms with Gasteiger partial charge in [-0.25, -0.2) is 4.98 Å². The molecule has 0 radical (unpaired) electrons. The third kappa shape index (κ3) is 3.70. The Morgan fingerprint density at radius 1 is 1.28 bits per heavy atom. The second kappa shape index (κ2) is 5.27. The minimum absolute atomic E-state index is 0.0994. The maximum atomic E-state index is 4.75. The van der Waals surface area contributed by atoms with E-state index in [2.05, 4.69) is 50.5 Å². The molecule has 3 nitrogen and oxygen atoms in total. The quantitative estimate of drug-likeness (QED) is 0.839. The summed E-state index contributed by atoms with van der Waals surface area (Å²) in [6, 6.07) is 5.05. The zero-order valence-electron chi connectivity index (χ0n) is 12.0. The van der Waals surface area contributed by atoms with E-state index in [0.717, 1.165) is 18.9 Å². The Balaban J connectivity index is 2.22. The van der Waals surface area contributed by atoms with E-state index in [1.165, 1.54) is 24.1 Å². The molecule has 0 bridgehead atoms. The van der Waals surface area contributed by atoms with Crippen LogP contribution in [0.15, 0.2) is 12.1 Å². The Bertz CT molecular complexity index is 403. The lowest BCUT2D eigenvalue weighted by Crippen LogP contribution is -2.18. The second-order valence-electron chi connectivity index (χ2n) is 6.19. The number of hydrogen-bond donors (Lipinski definition) is 2. The molecule has 1 fully saturated rings. The SMILES string of the molecule is CCNCc1cc(NC2CC2)nc(C(C)(C)C)c1. The van der Waals surface area contributed by atoms with Crippen LogP contribution >= 0.6 is 0 Å². The van der Waals surface area contributed by atoms with Crippen molar-refractivity contribution >= 4 is 5.82 Å². The lowest BCUT2D eigenvalue weighted by Gasteiger charge is -2.20. The summed E-state index contributed by atoms with van der Waals surface area (Å²) >= 11 is 0. The number of nitrogens with one attached hydrogen (secondary N) is 2. The van der Waals surface area contributed by atoms with Gasteiger partial charge in [0.15, 0.2) is 0 Å². The van der Waals surface area contributed by atoms with Crippen LogP contribution in [0.1, 0.15) is 51.8 Å². The van der Waals surface area contributed by atoms with Gasteiger partial charge in [0.25, 0.3) is 0 Å². The van der Waals surface area contributed by atoms with E-state index in [1.54, 1.807) is 0 Å². The highest BCUT2D eigenvalue weighted by Crippen LogP contribution is 2.27. The molecular weight excluding hydrogens is 222 g/mol. The van der Waals surface area contributed by atoms with Crippen molar-refractivity contribution in [2.45, 2.75) is 58.5 Å². The fourth-order valence-corrected chi connectivity index (χ4v) is 1.85. The number of hydrogen-bond acceptors (Lipinski definition) is 3. The van der Waals surface area contributed by atoms with Crippen LogP contribution in [0.2, 0.25) is 0 Å². The zero-order chi connectivity index (χ0) is 13.2. The van der Waals surface area contributed by atoms with E-state index < -0.39 is 0 Å². The molecule has 0 spiro atoms. The van der Waals surface area contributed by atoms with Gasteiger partial charge in [0.2, 0.25) is 0 Å². The highest BCUT2D eigenvalue weighted by atomic mass is 15.0. The molecule has 0 atom stereocenters. The van der Waals surface area contributed by atoms with Crippen molar-refractivity contribution in [3.05, 3.63) is 23.4 Å². The van der Waals surface area contributed by atoms with Crippen LogP contribution in [0.5, 0.6) is 0 Å². The first-order valence-electron chi connectivity index (χ1n) is 6.97. The van der Waals surface area contributed by atoms with Crippen molar-refractivity contribution < 1.29 is 0 Å². The molecule has 0 amide bonds. The van der Waals surface area contributed by atoms with E-state index in [0.29, 0.717) is 6.04 Å². The smallest absolute Gasteiger partial charge is 0.126 e. The first-order valence-corrected chi connectivity index (χ1v) is 6.97. The van der Waals surface area contributed by atoms with E-state index >= 15 is 0 Å². The summed E-state index contributed by atoms with van der Waals surface area (Å²) in [6.07, 6.45) is 2.56. The number of aromatic nitrogens is 1. The molecule has 2 rings (SSSR count). The maximum absolute atomic E-state index is 4.75. The molecule has 1 aromatic heterocycles. The largest absolute Gasteiger partial charge is 0.367 e. The van der Waals surface area contributed by atoms with Crippen molar-refractivity contribution in [3.8, 4) is 0 Å². The molecule has 1 aromatic rings. The van der Waals surface area contributed by atoms with Gasteiger partial charge in [0.1, 0.15) is 5.82 Å². The predicted molar refractivity (Wildman–Crippen MR) is 77.0 cm³/mol. The van der Waals surface area contributed by atoms with Crippen molar-refractivity contribution in [2.75, 3.05) is 11.9 Å². The summed E-state index contributed by atoms with van der Waals surface area (Å²) in [5, 5.41) is 6.89. The molecule has 1 heterocycles. The van der Waals surface area contributed by atoms with Crippen LogP contribution in [0, 0.1) is 0 Å². The third-order valence-corrected chi connectivity index (χ3v) is 3.16. The van der Waals surface area contributed by atoms with Gasteiger partial charge in [-0.2, -0.15) is 0 Å². The molecule has 0 unspecified atom stereocenters. The van der Waals surface area contributed by atoms with Crippen molar-refractivity contribution in [1.82, 2.24) is 10.3 Å². The zero-order valence-corrected chi connectivity index (χ0v) is 12.0. The summed E-state index contributed by atoms with van der Waals surface area (Å²) in [4.78, 5) is 4.75. The predicted octanol–water partition coefficient (Wildman–Crippen LogP) is 3.06. The van der Waals surface area contributed by atoms with Crippen LogP contribution in [0.25, 0.3) is 0 Å². The van der Waals surface area contributed by atoms with Gasteiger partial charge < -0.3 is 10.6 Å². The minimum Gasteiger partial charge on any atom is -0.367 e. The molecule has 0 saturated heterocycles. The Labute approximate surface area is 110 Å². The van der Waals surface area contributed by atoms with Crippen LogP contribution < -0.4 is 10.6 Å². The summed E-state index contributed by atoms with van der Waals surface area (Å²) in [5.41, 5.74) is 2.59. The topological polar surface area (TPSA) is 37.0 Å². The van der Waals surface area contributed by atoms with Gasteiger partial charge in [-0.1, -0.05) is 27.7 Å². The monoisotopic (exact) mass is 247 g/mol. The summed E-state index contributed by atoms with van der Waals surface area (Å²) in [5.74, 6) is 1.04. The molecule has 18 heavy (non-hydrogen) atoms. The molecule has 2 N–H and O–H groups in total. The van der Waals surface area contributed by atoms with Crippen LogP contribution in [-0.2, 0) is 12.0 Å². The molecule has 100 valence electrons. The standard InChI is InChI=1S/C15H25N3/c1-5-16-10-11-8-13(15(2,3)4)18-14(9-11)17-12-6-7-12/h8-9,12,16H,5-7,10H2,1-4H3,(H,17,18). The van der Waals surface area contributed by atoms with Crippen molar-refractivity contribution in [3.63, 3.8) is 0 Å². The Morgan fingerprint density at radius 2 is 2.00 bits per heavy atom. The molecule has 1 aliphatic rings. The van der Waals surface area contributed by atoms with Gasteiger partial charge in [0, 0.05) is 23.7 Å². The Morgan fingerprint density at radius 3 is 2.56 bits per heavy atom. The maximum Gasteiger partial charge on any atom is 0.126 e. The number of nitrogens with zero attached hydrogens (tertiary/aromatic N) is 1. The van der Waals surface area contributed by atoms with Gasteiger partial charge in [-0.05, 0) is 37.1 Å². The second-order valence-corrected chi connectivity index (χ2v) is 6.19. The number of rotatable bonds is 5. The summed E-state index contributed by atoms with van der Waals surface area (Å²) in [7, 11) is 0. The summed E-state index contributed by atoms with van der Waals surface area (Å²) < 4.78 is 0. The Kier molecular flexibility index (Phi) is 3.91. The lowest BCUT2D eigenvalue weighted by molar-refractivity contribution is 0.567. The molecule has 1 aliphatic carbocycles. The third-order valence-electron chi connectivity index (χ3n) is 3.16. The van der Waals surface area contributed by atoms with E-state index in [9.17, 15) is 0 Å². The highest BCUT2D eigenvalue weighted by molar-refractivity contribution is 5.43. The lowest BCUT2D eigenvalue weighted by atomic mass is 9.90. The molecule has 3 heteroatoms. The number of anilines is 1. The molecule has 0 aromatic carbocycles. The number of pyridine rings is 1. The summed E-state index contributed by atoms with van der Waals surface area (Å²) in [6.45, 7) is 10.7. The van der Waals surface area contributed by atoms with Crippen LogP contribution in [0.4, 0.5) is 5.82 Å². The highest BCUT2D eigenvalue weighted by Gasteiger charge is 2.23. The van der Waals surface area contributed by atoms with E-state index in [-0.39, 0.29) is 5.41 Å². The van der Waals surface area contributed by atoms with Crippen LogP contribution in [0.3, 0.4) is 0 Å². The molecule has 0 aliphatic heterocycles. The first kappa shape index (κ1) is 13.3. The Hall–Kier alpha value is -1.09.